The molecule has 0 aliphatic carbocycles. The van der Waals surface area contributed by atoms with Crippen LogP contribution in [0.2, 0.25) is 5.15 Å². The van der Waals surface area contributed by atoms with E-state index in [0.29, 0.717) is 10.9 Å². The molecule has 0 fully saturated rings. The van der Waals surface area contributed by atoms with E-state index >= 15 is 0 Å². The number of aromatic nitrogens is 2. The van der Waals surface area contributed by atoms with Gasteiger partial charge in [-0.1, -0.05) is 23.7 Å². The number of benzene rings is 1. The molecular formula is C12H13ClN2O2. The van der Waals surface area contributed by atoms with Crippen LogP contribution in [0.25, 0.3) is 0 Å². The van der Waals surface area contributed by atoms with Gasteiger partial charge in [0, 0.05) is 12.6 Å². The van der Waals surface area contributed by atoms with Crippen LogP contribution in [0.1, 0.15) is 11.3 Å². The van der Waals surface area contributed by atoms with Gasteiger partial charge in [0.2, 0.25) is 0 Å². The molecule has 0 saturated heterocycles. The first-order valence-electron chi connectivity index (χ1n) is 5.18. The summed E-state index contributed by atoms with van der Waals surface area (Å²) in [6, 6.07) is 6.82. The average molecular weight is 253 g/mol. The quantitative estimate of drug-likeness (QED) is 0.914. The van der Waals surface area contributed by atoms with E-state index in [1.807, 2.05) is 6.92 Å². The molecule has 1 aromatic heterocycles. The van der Waals surface area contributed by atoms with Gasteiger partial charge < -0.3 is 9.84 Å². The molecule has 17 heavy (non-hydrogen) atoms. The summed E-state index contributed by atoms with van der Waals surface area (Å²) in [5, 5.41) is 14.3. The van der Waals surface area contributed by atoms with Crippen LogP contribution in [-0.4, -0.2) is 14.9 Å². The number of phenolic OH excluding ortho intramolecular Hbond substituents is 1. The van der Waals surface area contributed by atoms with Crippen LogP contribution in [0.4, 0.5) is 0 Å². The fourth-order valence-corrected chi connectivity index (χ4v) is 1.80. The summed E-state index contributed by atoms with van der Waals surface area (Å²) in [4.78, 5) is 0. The summed E-state index contributed by atoms with van der Waals surface area (Å²) in [6.07, 6.45) is 0. The average Bonchev–Trinajstić information content (AvgIpc) is 2.53. The highest BCUT2D eigenvalue weighted by atomic mass is 35.5. The van der Waals surface area contributed by atoms with E-state index in [1.54, 1.807) is 36.0 Å². The van der Waals surface area contributed by atoms with Crippen LogP contribution in [0.5, 0.6) is 11.5 Å². The van der Waals surface area contributed by atoms with Crippen LogP contribution in [-0.2, 0) is 13.7 Å². The van der Waals surface area contributed by atoms with E-state index in [0.717, 1.165) is 11.3 Å². The van der Waals surface area contributed by atoms with Gasteiger partial charge in [-0.05, 0) is 19.1 Å². The predicted octanol–water partition coefficient (Wildman–Crippen LogP) is 2.67. The second kappa shape index (κ2) is 4.67. The van der Waals surface area contributed by atoms with Crippen LogP contribution >= 0.6 is 11.6 Å². The number of para-hydroxylation sites is 2. The van der Waals surface area contributed by atoms with E-state index in [4.69, 9.17) is 16.3 Å². The van der Waals surface area contributed by atoms with Crippen LogP contribution in [0, 0.1) is 6.92 Å². The second-order valence-electron chi connectivity index (χ2n) is 3.73. The van der Waals surface area contributed by atoms with Crippen molar-refractivity contribution < 1.29 is 9.84 Å². The lowest BCUT2D eigenvalue weighted by Crippen LogP contribution is -1.97. The first-order chi connectivity index (χ1) is 8.09. The fourth-order valence-electron chi connectivity index (χ4n) is 1.57. The highest BCUT2D eigenvalue weighted by molar-refractivity contribution is 6.30. The number of aryl methyl sites for hydroxylation is 2. The minimum absolute atomic E-state index is 0.116. The molecule has 2 rings (SSSR count). The summed E-state index contributed by atoms with van der Waals surface area (Å²) in [7, 11) is 1.78. The lowest BCUT2D eigenvalue weighted by molar-refractivity contribution is 0.288. The molecule has 0 aliphatic heterocycles. The van der Waals surface area contributed by atoms with Crippen molar-refractivity contribution in [1.82, 2.24) is 9.78 Å². The van der Waals surface area contributed by atoms with Gasteiger partial charge in [0.05, 0.1) is 5.69 Å². The molecule has 0 radical (unpaired) electrons. The van der Waals surface area contributed by atoms with Gasteiger partial charge in [0.15, 0.2) is 11.5 Å². The van der Waals surface area contributed by atoms with Gasteiger partial charge in [-0.2, -0.15) is 5.10 Å². The molecule has 1 aromatic carbocycles. The molecule has 90 valence electrons. The number of hydrogen-bond acceptors (Lipinski definition) is 3. The zero-order valence-electron chi connectivity index (χ0n) is 9.64. The first kappa shape index (κ1) is 11.8. The van der Waals surface area contributed by atoms with Crippen molar-refractivity contribution in [2.24, 2.45) is 7.05 Å². The van der Waals surface area contributed by atoms with Crippen molar-refractivity contribution in [1.29, 1.82) is 0 Å². The number of halogens is 1. The standard InChI is InChI=1S/C12H13ClN2O2/c1-8-9(12(13)15(2)14-8)7-17-11-6-4-3-5-10(11)16/h3-6,16H,7H2,1-2H3. The third kappa shape index (κ3) is 2.36. The third-order valence-electron chi connectivity index (χ3n) is 2.51. The minimum atomic E-state index is 0.116. The van der Waals surface area contributed by atoms with Crippen molar-refractivity contribution >= 4 is 11.6 Å². The Labute approximate surface area is 104 Å². The van der Waals surface area contributed by atoms with Gasteiger partial charge in [0.25, 0.3) is 0 Å². The lowest BCUT2D eigenvalue weighted by atomic mass is 10.3. The molecule has 4 nitrogen and oxygen atoms in total. The van der Waals surface area contributed by atoms with E-state index in [9.17, 15) is 5.11 Å². The number of phenols is 1. The maximum absolute atomic E-state index is 9.55. The number of nitrogens with zero attached hydrogens (tertiary/aromatic N) is 2. The molecule has 0 saturated carbocycles. The molecule has 0 amide bonds. The number of ether oxygens (including phenoxy) is 1. The van der Waals surface area contributed by atoms with Crippen molar-refractivity contribution in [2.45, 2.75) is 13.5 Å². The van der Waals surface area contributed by atoms with Crippen LogP contribution in [0.3, 0.4) is 0 Å². The Hall–Kier alpha value is -1.68. The Kier molecular flexibility index (Phi) is 3.24. The van der Waals surface area contributed by atoms with Crippen LogP contribution < -0.4 is 4.74 Å². The van der Waals surface area contributed by atoms with Crippen molar-refractivity contribution in [2.75, 3.05) is 0 Å². The molecule has 0 aliphatic rings. The molecule has 0 unspecified atom stereocenters. The molecule has 0 atom stereocenters. The van der Waals surface area contributed by atoms with Crippen molar-refractivity contribution in [3.05, 3.63) is 40.7 Å². The van der Waals surface area contributed by atoms with Gasteiger partial charge in [-0.3, -0.25) is 4.68 Å². The van der Waals surface area contributed by atoms with Gasteiger partial charge in [0.1, 0.15) is 11.8 Å². The molecule has 0 spiro atoms. The largest absolute Gasteiger partial charge is 0.504 e. The summed E-state index contributed by atoms with van der Waals surface area (Å²) >= 11 is 6.08. The zero-order chi connectivity index (χ0) is 12.4. The number of rotatable bonds is 3. The molecule has 1 N–H and O–H groups in total. The minimum Gasteiger partial charge on any atom is -0.504 e. The van der Waals surface area contributed by atoms with Gasteiger partial charge in [-0.25, -0.2) is 0 Å². The number of aromatic hydroxyl groups is 1. The Bertz CT molecular complexity index is 537. The van der Waals surface area contributed by atoms with E-state index in [2.05, 4.69) is 5.10 Å². The zero-order valence-corrected chi connectivity index (χ0v) is 10.4. The van der Waals surface area contributed by atoms with E-state index in [-0.39, 0.29) is 12.4 Å². The highest BCUT2D eigenvalue weighted by Gasteiger charge is 2.12. The predicted molar refractivity (Wildman–Crippen MR) is 65.4 cm³/mol. The third-order valence-corrected chi connectivity index (χ3v) is 2.98. The SMILES string of the molecule is Cc1nn(C)c(Cl)c1COc1ccccc1O. The fraction of sp³-hybridized carbons (Fsp3) is 0.250. The monoisotopic (exact) mass is 252 g/mol. The Balaban J connectivity index is 2.15. The topological polar surface area (TPSA) is 47.3 Å². The maximum atomic E-state index is 9.55. The normalized spacial score (nSPS) is 10.5. The van der Waals surface area contributed by atoms with Gasteiger partial charge in [-0.15, -0.1) is 0 Å². The van der Waals surface area contributed by atoms with Crippen LogP contribution in [0.15, 0.2) is 24.3 Å². The highest BCUT2D eigenvalue weighted by Crippen LogP contribution is 2.27. The Morgan fingerprint density at radius 1 is 1.41 bits per heavy atom. The summed E-state index contributed by atoms with van der Waals surface area (Å²) < 4.78 is 7.11. The Morgan fingerprint density at radius 2 is 2.12 bits per heavy atom. The number of hydrogen-bond donors (Lipinski definition) is 1. The molecule has 0 bridgehead atoms. The van der Waals surface area contributed by atoms with Crippen molar-refractivity contribution in [3.8, 4) is 11.5 Å². The van der Waals surface area contributed by atoms with E-state index < -0.39 is 0 Å². The molecule has 5 heteroatoms. The smallest absolute Gasteiger partial charge is 0.161 e. The summed E-state index contributed by atoms with van der Waals surface area (Å²) in [5.74, 6) is 0.553. The molecule has 1 heterocycles. The lowest BCUT2D eigenvalue weighted by Gasteiger charge is -2.07. The van der Waals surface area contributed by atoms with E-state index in [1.165, 1.54) is 0 Å². The first-order valence-corrected chi connectivity index (χ1v) is 5.56. The second-order valence-corrected chi connectivity index (χ2v) is 4.09. The maximum Gasteiger partial charge on any atom is 0.161 e. The molecular weight excluding hydrogens is 240 g/mol. The Morgan fingerprint density at radius 3 is 2.71 bits per heavy atom. The summed E-state index contributed by atoms with van der Waals surface area (Å²) in [6.45, 7) is 2.16. The summed E-state index contributed by atoms with van der Waals surface area (Å²) in [5.41, 5.74) is 1.66. The van der Waals surface area contributed by atoms with Gasteiger partial charge >= 0.3 is 0 Å². The molecule has 2 aromatic rings. The van der Waals surface area contributed by atoms with Crippen molar-refractivity contribution in [3.63, 3.8) is 0 Å².